The first-order valence-corrected chi connectivity index (χ1v) is 5.28. The fourth-order valence-corrected chi connectivity index (χ4v) is 2.20. The zero-order valence-electron chi connectivity index (χ0n) is 8.57. The van der Waals surface area contributed by atoms with Crippen molar-refractivity contribution in [3.63, 3.8) is 0 Å². The highest BCUT2D eigenvalue weighted by molar-refractivity contribution is 5.92. The Morgan fingerprint density at radius 2 is 2.29 bits per heavy atom. The third kappa shape index (κ3) is 1.86. The highest BCUT2D eigenvalue weighted by Gasteiger charge is 2.20. The van der Waals surface area contributed by atoms with E-state index in [0.717, 1.165) is 0 Å². The van der Waals surface area contributed by atoms with Gasteiger partial charge in [-0.1, -0.05) is 25.7 Å². The van der Waals surface area contributed by atoms with Gasteiger partial charge in [-0.3, -0.25) is 4.79 Å². The number of Topliss-reactive ketones (excluding diaryl/α,β-unsaturated/α-hetero) is 1. The fraction of sp³-hybridized carbons (Fsp3) is 0.636. The summed E-state index contributed by atoms with van der Waals surface area (Å²) in [4.78, 5) is 15.9. The molecule has 14 heavy (non-hydrogen) atoms. The third-order valence-corrected chi connectivity index (χ3v) is 3.02. The number of carbonyl (C=O) groups excluding carboxylic acids is 1. The second-order valence-electron chi connectivity index (χ2n) is 4.14. The standard InChI is InChI=1S/C11H16N2O/c1-13-7-6-12-11(13)10(14)8-9-4-2-3-5-9/h6-7,9H,2-5,8H2,1H3. The van der Waals surface area contributed by atoms with Crippen LogP contribution in [0.5, 0.6) is 0 Å². The largest absolute Gasteiger partial charge is 0.332 e. The Labute approximate surface area is 84.1 Å². The van der Waals surface area contributed by atoms with Gasteiger partial charge in [0.05, 0.1) is 0 Å². The van der Waals surface area contributed by atoms with Gasteiger partial charge in [0, 0.05) is 25.9 Å². The molecule has 1 aromatic rings. The summed E-state index contributed by atoms with van der Waals surface area (Å²) < 4.78 is 1.80. The Balaban J connectivity index is 1.98. The van der Waals surface area contributed by atoms with Crippen molar-refractivity contribution in [3.8, 4) is 0 Å². The summed E-state index contributed by atoms with van der Waals surface area (Å²) >= 11 is 0. The third-order valence-electron chi connectivity index (χ3n) is 3.02. The minimum atomic E-state index is 0.199. The second-order valence-corrected chi connectivity index (χ2v) is 4.14. The summed E-state index contributed by atoms with van der Waals surface area (Å²) in [6.45, 7) is 0. The summed E-state index contributed by atoms with van der Waals surface area (Å²) in [5, 5.41) is 0. The van der Waals surface area contributed by atoms with E-state index in [0.29, 0.717) is 18.2 Å². The molecule has 0 atom stereocenters. The lowest BCUT2D eigenvalue weighted by atomic mass is 10.0. The lowest BCUT2D eigenvalue weighted by molar-refractivity contribution is 0.0949. The summed E-state index contributed by atoms with van der Waals surface area (Å²) in [7, 11) is 1.87. The molecule has 1 heterocycles. The molecule has 1 aliphatic carbocycles. The maximum absolute atomic E-state index is 11.8. The zero-order chi connectivity index (χ0) is 9.97. The van der Waals surface area contributed by atoms with Crippen LogP contribution in [0.3, 0.4) is 0 Å². The summed E-state index contributed by atoms with van der Waals surface area (Å²) in [6, 6.07) is 0. The maximum Gasteiger partial charge on any atom is 0.198 e. The summed E-state index contributed by atoms with van der Waals surface area (Å²) in [5.41, 5.74) is 0. The number of imidazole rings is 1. The van der Waals surface area contributed by atoms with E-state index >= 15 is 0 Å². The van der Waals surface area contributed by atoms with E-state index in [1.807, 2.05) is 13.2 Å². The summed E-state index contributed by atoms with van der Waals surface area (Å²) in [6.07, 6.45) is 9.21. The first kappa shape index (κ1) is 9.44. The van der Waals surface area contributed by atoms with Gasteiger partial charge in [-0.05, 0) is 5.92 Å². The Morgan fingerprint density at radius 3 is 2.86 bits per heavy atom. The molecule has 3 heteroatoms. The van der Waals surface area contributed by atoms with Crippen molar-refractivity contribution >= 4 is 5.78 Å². The average Bonchev–Trinajstić information content (AvgIpc) is 2.75. The average molecular weight is 192 g/mol. The van der Waals surface area contributed by atoms with Crippen molar-refractivity contribution in [2.75, 3.05) is 0 Å². The molecule has 1 aromatic heterocycles. The highest BCUT2D eigenvalue weighted by atomic mass is 16.1. The molecule has 76 valence electrons. The van der Waals surface area contributed by atoms with Gasteiger partial charge >= 0.3 is 0 Å². The van der Waals surface area contributed by atoms with Crippen LogP contribution >= 0.6 is 0 Å². The van der Waals surface area contributed by atoms with Gasteiger partial charge in [0.1, 0.15) is 0 Å². The van der Waals surface area contributed by atoms with Crippen LogP contribution in [0.15, 0.2) is 12.4 Å². The number of aromatic nitrogens is 2. The maximum atomic E-state index is 11.8. The van der Waals surface area contributed by atoms with Crippen molar-refractivity contribution in [1.29, 1.82) is 0 Å². The van der Waals surface area contributed by atoms with Gasteiger partial charge in [0.2, 0.25) is 0 Å². The van der Waals surface area contributed by atoms with Crippen LogP contribution in [0.2, 0.25) is 0 Å². The number of nitrogens with zero attached hydrogens (tertiary/aromatic N) is 2. The van der Waals surface area contributed by atoms with Crippen LogP contribution in [0.25, 0.3) is 0 Å². The summed E-state index contributed by atoms with van der Waals surface area (Å²) in [5.74, 6) is 1.42. The van der Waals surface area contributed by atoms with Gasteiger partial charge < -0.3 is 4.57 Å². The van der Waals surface area contributed by atoms with Crippen molar-refractivity contribution in [1.82, 2.24) is 9.55 Å². The molecule has 0 unspecified atom stereocenters. The lowest BCUT2D eigenvalue weighted by Crippen LogP contribution is -2.11. The SMILES string of the molecule is Cn1ccnc1C(=O)CC1CCCC1. The normalized spacial score (nSPS) is 17.5. The smallest absolute Gasteiger partial charge is 0.198 e. The molecular weight excluding hydrogens is 176 g/mol. The Kier molecular flexibility index (Phi) is 2.66. The molecule has 0 amide bonds. The molecular formula is C11H16N2O. The quantitative estimate of drug-likeness (QED) is 0.688. The van der Waals surface area contributed by atoms with Crippen molar-refractivity contribution in [2.45, 2.75) is 32.1 Å². The van der Waals surface area contributed by atoms with Crippen molar-refractivity contribution in [2.24, 2.45) is 13.0 Å². The fourth-order valence-electron chi connectivity index (χ4n) is 2.20. The van der Waals surface area contributed by atoms with E-state index in [9.17, 15) is 4.79 Å². The number of hydrogen-bond donors (Lipinski definition) is 0. The molecule has 2 rings (SSSR count). The van der Waals surface area contributed by atoms with E-state index in [2.05, 4.69) is 4.98 Å². The second kappa shape index (κ2) is 3.95. The molecule has 0 N–H and O–H groups in total. The minimum absolute atomic E-state index is 0.199. The first-order chi connectivity index (χ1) is 6.77. The number of hydrogen-bond acceptors (Lipinski definition) is 2. The van der Waals surface area contributed by atoms with Crippen molar-refractivity contribution in [3.05, 3.63) is 18.2 Å². The zero-order valence-corrected chi connectivity index (χ0v) is 8.57. The van der Waals surface area contributed by atoms with Gasteiger partial charge in [-0.2, -0.15) is 0 Å². The molecule has 1 fully saturated rings. The molecule has 1 saturated carbocycles. The first-order valence-electron chi connectivity index (χ1n) is 5.28. The Bertz CT molecular complexity index is 324. The van der Waals surface area contributed by atoms with E-state index in [1.54, 1.807) is 10.8 Å². The lowest BCUT2D eigenvalue weighted by Gasteiger charge is -2.06. The number of rotatable bonds is 3. The topological polar surface area (TPSA) is 34.9 Å². The number of aryl methyl sites for hydroxylation is 1. The van der Waals surface area contributed by atoms with E-state index in [-0.39, 0.29) is 5.78 Å². The van der Waals surface area contributed by atoms with Crippen LogP contribution in [0.1, 0.15) is 42.7 Å². The molecule has 3 nitrogen and oxygen atoms in total. The predicted molar refractivity (Wildman–Crippen MR) is 54.1 cm³/mol. The molecule has 1 aliphatic rings. The number of carbonyl (C=O) groups is 1. The molecule has 0 aliphatic heterocycles. The predicted octanol–water partition coefficient (Wildman–Crippen LogP) is 2.18. The van der Waals surface area contributed by atoms with Gasteiger partial charge in [0.15, 0.2) is 11.6 Å². The Morgan fingerprint density at radius 1 is 1.57 bits per heavy atom. The molecule has 0 bridgehead atoms. The van der Waals surface area contributed by atoms with Gasteiger partial charge in [-0.25, -0.2) is 4.98 Å². The van der Waals surface area contributed by atoms with E-state index in [1.165, 1.54) is 25.7 Å². The van der Waals surface area contributed by atoms with Crippen LogP contribution in [0.4, 0.5) is 0 Å². The van der Waals surface area contributed by atoms with Gasteiger partial charge in [-0.15, -0.1) is 0 Å². The minimum Gasteiger partial charge on any atom is -0.332 e. The van der Waals surface area contributed by atoms with Crippen LogP contribution in [-0.2, 0) is 7.05 Å². The Hall–Kier alpha value is -1.12. The van der Waals surface area contributed by atoms with Crippen LogP contribution in [0, 0.1) is 5.92 Å². The molecule has 0 saturated heterocycles. The monoisotopic (exact) mass is 192 g/mol. The van der Waals surface area contributed by atoms with Gasteiger partial charge in [0.25, 0.3) is 0 Å². The number of ketones is 1. The van der Waals surface area contributed by atoms with Crippen LogP contribution in [-0.4, -0.2) is 15.3 Å². The molecule has 0 aromatic carbocycles. The molecule has 0 spiro atoms. The van der Waals surface area contributed by atoms with Crippen molar-refractivity contribution < 1.29 is 4.79 Å². The van der Waals surface area contributed by atoms with Crippen LogP contribution < -0.4 is 0 Å². The van der Waals surface area contributed by atoms with E-state index in [4.69, 9.17) is 0 Å². The molecule has 0 radical (unpaired) electrons. The van der Waals surface area contributed by atoms with E-state index < -0.39 is 0 Å². The highest BCUT2D eigenvalue weighted by Crippen LogP contribution is 2.28.